The lowest BCUT2D eigenvalue weighted by Crippen LogP contribution is -2.05. The van der Waals surface area contributed by atoms with Gasteiger partial charge in [-0.3, -0.25) is 4.79 Å². The maximum Gasteiger partial charge on any atom is 0.165 e. The number of hydrogen-bond donors (Lipinski definition) is 1. The topological polar surface area (TPSA) is 42.1 Å². The molecule has 102 valence electrons. The van der Waals surface area contributed by atoms with E-state index >= 15 is 0 Å². The molecule has 2 rings (SSSR count). The van der Waals surface area contributed by atoms with Crippen molar-refractivity contribution in [1.82, 2.24) is 4.98 Å². The average molecular weight is 280 g/mol. The normalized spacial score (nSPS) is 11.2. The number of H-pyrrole nitrogens is 1. The molecule has 0 unspecified atom stereocenters. The van der Waals surface area contributed by atoms with E-state index in [1.54, 1.807) is 6.20 Å². The maximum absolute atomic E-state index is 12.1. The second kappa shape index (κ2) is 6.11. The van der Waals surface area contributed by atoms with Crippen molar-refractivity contribution in [2.75, 3.05) is 5.88 Å². The molecule has 0 atom stereocenters. The van der Waals surface area contributed by atoms with Crippen molar-refractivity contribution in [2.24, 2.45) is 0 Å². The Hall–Kier alpha value is -1.48. The first-order valence-corrected chi connectivity index (χ1v) is 7.02. The van der Waals surface area contributed by atoms with E-state index in [1.165, 1.54) is 0 Å². The molecule has 19 heavy (non-hydrogen) atoms. The predicted octanol–water partition coefficient (Wildman–Crippen LogP) is 4.16. The number of carbonyl (C=O) groups excluding carboxylic acids is 1. The monoisotopic (exact) mass is 279 g/mol. The Bertz CT molecular complexity index is 575. The van der Waals surface area contributed by atoms with Gasteiger partial charge >= 0.3 is 0 Å². The van der Waals surface area contributed by atoms with Crippen LogP contribution < -0.4 is 4.74 Å². The number of ketones is 1. The Morgan fingerprint density at radius 3 is 2.89 bits per heavy atom. The first-order chi connectivity index (χ1) is 9.11. The number of aromatic nitrogens is 1. The zero-order chi connectivity index (χ0) is 13.8. The molecule has 0 fully saturated rings. The van der Waals surface area contributed by atoms with Crippen LogP contribution in [0.25, 0.3) is 10.9 Å². The van der Waals surface area contributed by atoms with Crippen LogP contribution in [0.4, 0.5) is 0 Å². The van der Waals surface area contributed by atoms with Crippen LogP contribution in [0, 0.1) is 0 Å². The van der Waals surface area contributed by atoms with E-state index in [0.29, 0.717) is 24.3 Å². The van der Waals surface area contributed by atoms with Crippen LogP contribution in [0.15, 0.2) is 24.4 Å². The third kappa shape index (κ3) is 3.29. The summed E-state index contributed by atoms with van der Waals surface area (Å²) in [5, 5.41) is 0.915. The van der Waals surface area contributed by atoms with Gasteiger partial charge in [0.1, 0.15) is 5.75 Å². The lowest BCUT2D eigenvalue weighted by Gasteiger charge is -2.09. The molecule has 0 spiro atoms. The summed E-state index contributed by atoms with van der Waals surface area (Å²) in [5.74, 6) is 1.41. The van der Waals surface area contributed by atoms with Gasteiger partial charge in [0.2, 0.25) is 0 Å². The summed E-state index contributed by atoms with van der Waals surface area (Å²) < 4.78 is 5.66. The van der Waals surface area contributed by atoms with Crippen LogP contribution in [0.2, 0.25) is 0 Å². The van der Waals surface area contributed by atoms with Crippen LogP contribution >= 0.6 is 11.6 Å². The van der Waals surface area contributed by atoms with E-state index in [2.05, 4.69) is 4.98 Å². The van der Waals surface area contributed by atoms with Crippen molar-refractivity contribution in [1.29, 1.82) is 0 Å². The number of rotatable bonds is 6. The predicted molar refractivity (Wildman–Crippen MR) is 78.3 cm³/mol. The number of aromatic amines is 1. The van der Waals surface area contributed by atoms with Gasteiger partial charge in [-0.2, -0.15) is 0 Å². The fraction of sp³-hybridized carbons (Fsp3) is 0.400. The van der Waals surface area contributed by atoms with Gasteiger partial charge in [-0.25, -0.2) is 0 Å². The van der Waals surface area contributed by atoms with Gasteiger partial charge in [0.25, 0.3) is 0 Å². The Kier molecular flexibility index (Phi) is 4.48. The van der Waals surface area contributed by atoms with Gasteiger partial charge in [-0.1, -0.05) is 0 Å². The molecule has 3 nitrogen and oxygen atoms in total. The lowest BCUT2D eigenvalue weighted by atomic mass is 10.1. The van der Waals surface area contributed by atoms with Gasteiger partial charge in [-0.15, -0.1) is 11.6 Å². The summed E-state index contributed by atoms with van der Waals surface area (Å²) in [4.78, 5) is 15.2. The first-order valence-electron chi connectivity index (χ1n) is 6.48. The molecule has 0 aliphatic rings. The summed E-state index contributed by atoms with van der Waals surface area (Å²) in [5.41, 5.74) is 1.67. The molecule has 0 bridgehead atoms. The Morgan fingerprint density at radius 2 is 2.21 bits per heavy atom. The average Bonchev–Trinajstić information content (AvgIpc) is 2.78. The van der Waals surface area contributed by atoms with Crippen LogP contribution in [0.5, 0.6) is 5.75 Å². The van der Waals surface area contributed by atoms with Crippen molar-refractivity contribution in [3.05, 3.63) is 30.0 Å². The molecular weight excluding hydrogens is 262 g/mol. The quantitative estimate of drug-likeness (QED) is 0.637. The van der Waals surface area contributed by atoms with Crippen LogP contribution in [0.1, 0.15) is 37.0 Å². The highest BCUT2D eigenvalue weighted by Gasteiger charge is 2.12. The molecule has 1 aromatic carbocycles. The molecule has 4 heteroatoms. The number of Topliss-reactive ketones (excluding diaryl/α,β-unsaturated/α-hetero) is 1. The highest BCUT2D eigenvalue weighted by molar-refractivity contribution is 6.18. The summed E-state index contributed by atoms with van der Waals surface area (Å²) in [6.07, 6.45) is 3.06. The Labute approximate surface area is 117 Å². The zero-order valence-corrected chi connectivity index (χ0v) is 12.0. The molecule has 1 aromatic heterocycles. The number of carbonyl (C=O) groups is 1. The fourth-order valence-corrected chi connectivity index (χ4v) is 2.17. The maximum atomic E-state index is 12.1. The van der Waals surface area contributed by atoms with E-state index in [-0.39, 0.29) is 11.9 Å². The second-order valence-electron chi connectivity index (χ2n) is 4.79. The number of benzene rings is 1. The largest absolute Gasteiger partial charge is 0.491 e. The second-order valence-corrected chi connectivity index (χ2v) is 5.17. The standard InChI is InChI=1S/C15H18ClNO2/c1-10(2)19-11-5-6-14-12(8-11)13(9-17-14)15(18)4-3-7-16/h5-6,8-10,17H,3-4,7H2,1-2H3. The minimum absolute atomic E-state index is 0.117. The molecule has 2 aromatic rings. The van der Waals surface area contributed by atoms with E-state index < -0.39 is 0 Å². The molecule has 0 saturated carbocycles. The molecule has 1 heterocycles. The van der Waals surface area contributed by atoms with Crippen molar-refractivity contribution in [3.8, 4) is 5.75 Å². The minimum atomic E-state index is 0.117. The first kappa shape index (κ1) is 13.9. The molecule has 1 N–H and O–H groups in total. The number of alkyl halides is 1. The van der Waals surface area contributed by atoms with Crippen molar-refractivity contribution in [2.45, 2.75) is 32.8 Å². The third-order valence-corrected chi connectivity index (χ3v) is 3.13. The highest BCUT2D eigenvalue weighted by atomic mass is 35.5. The molecule has 0 saturated heterocycles. The van der Waals surface area contributed by atoms with Crippen LogP contribution in [-0.4, -0.2) is 22.8 Å². The highest BCUT2D eigenvalue weighted by Crippen LogP contribution is 2.25. The van der Waals surface area contributed by atoms with Gasteiger partial charge in [0.15, 0.2) is 5.78 Å². The van der Waals surface area contributed by atoms with Crippen LogP contribution in [0.3, 0.4) is 0 Å². The fourth-order valence-electron chi connectivity index (χ4n) is 2.04. The molecular formula is C15H18ClNO2. The van der Waals surface area contributed by atoms with Crippen molar-refractivity contribution in [3.63, 3.8) is 0 Å². The Morgan fingerprint density at radius 1 is 1.42 bits per heavy atom. The molecule has 0 aliphatic heterocycles. The number of fused-ring (bicyclic) bond motifs is 1. The summed E-state index contributed by atoms with van der Waals surface area (Å²) >= 11 is 5.63. The molecule has 0 radical (unpaired) electrons. The number of nitrogens with one attached hydrogen (secondary N) is 1. The van der Waals surface area contributed by atoms with E-state index in [4.69, 9.17) is 16.3 Å². The molecule has 0 aliphatic carbocycles. The Balaban J connectivity index is 2.31. The van der Waals surface area contributed by atoms with E-state index in [1.807, 2.05) is 32.0 Å². The van der Waals surface area contributed by atoms with Crippen molar-refractivity contribution >= 4 is 28.3 Å². The number of hydrogen-bond acceptors (Lipinski definition) is 2. The van der Waals surface area contributed by atoms with Gasteiger partial charge in [0.05, 0.1) is 6.10 Å². The summed E-state index contributed by atoms with van der Waals surface area (Å²) in [7, 11) is 0. The van der Waals surface area contributed by atoms with E-state index in [9.17, 15) is 4.79 Å². The van der Waals surface area contributed by atoms with Gasteiger partial charge in [0, 0.05) is 35.0 Å². The summed E-state index contributed by atoms with van der Waals surface area (Å²) in [6, 6.07) is 5.76. The van der Waals surface area contributed by atoms with E-state index in [0.717, 1.165) is 16.7 Å². The lowest BCUT2D eigenvalue weighted by molar-refractivity contribution is 0.0983. The van der Waals surface area contributed by atoms with Gasteiger partial charge in [-0.05, 0) is 38.5 Å². The smallest absolute Gasteiger partial charge is 0.165 e. The number of halogens is 1. The van der Waals surface area contributed by atoms with Crippen molar-refractivity contribution < 1.29 is 9.53 Å². The number of ether oxygens (including phenoxy) is 1. The zero-order valence-electron chi connectivity index (χ0n) is 11.2. The third-order valence-electron chi connectivity index (χ3n) is 2.86. The SMILES string of the molecule is CC(C)Oc1ccc2[nH]cc(C(=O)CCCCl)c2c1. The molecule has 0 amide bonds. The minimum Gasteiger partial charge on any atom is -0.491 e. The van der Waals surface area contributed by atoms with Gasteiger partial charge < -0.3 is 9.72 Å². The van der Waals surface area contributed by atoms with Crippen LogP contribution in [-0.2, 0) is 0 Å². The summed E-state index contributed by atoms with van der Waals surface area (Å²) in [6.45, 7) is 3.96.